The number of nitrogens with zero attached hydrogens (tertiary/aromatic N) is 1. The van der Waals surface area contributed by atoms with Gasteiger partial charge in [0.15, 0.2) is 5.13 Å². The van der Waals surface area contributed by atoms with Crippen molar-refractivity contribution in [3.05, 3.63) is 40.7 Å². The number of hydrogen-bond acceptors (Lipinski definition) is 4. The van der Waals surface area contributed by atoms with Crippen molar-refractivity contribution in [3.8, 4) is 0 Å². The largest absolute Gasteiger partial charge is 0.365 e. The minimum Gasteiger partial charge on any atom is -0.365 e. The summed E-state index contributed by atoms with van der Waals surface area (Å²) in [7, 11) is 0. The molecule has 0 radical (unpaired) electrons. The molecule has 1 aromatic carbocycles. The highest BCUT2D eigenvalue weighted by atomic mass is 32.1. The molecule has 0 atom stereocenters. The van der Waals surface area contributed by atoms with E-state index in [2.05, 4.69) is 10.3 Å². The quantitative estimate of drug-likeness (QED) is 0.880. The van der Waals surface area contributed by atoms with Gasteiger partial charge in [-0.3, -0.25) is 4.79 Å². The molecule has 0 saturated heterocycles. The fraction of sp³-hybridized carbons (Fsp3) is 0.0909. The van der Waals surface area contributed by atoms with Crippen molar-refractivity contribution in [2.45, 2.75) is 6.92 Å². The predicted molar refractivity (Wildman–Crippen MR) is 65.1 cm³/mol. The van der Waals surface area contributed by atoms with Gasteiger partial charge in [0.2, 0.25) is 0 Å². The molecule has 6 heteroatoms. The molecule has 0 spiro atoms. The number of nitrogens with one attached hydrogen (secondary N) is 1. The molecule has 4 nitrogen and oxygen atoms in total. The molecule has 0 aliphatic rings. The molecule has 2 rings (SSSR count). The average Bonchev–Trinajstić information content (AvgIpc) is 2.63. The fourth-order valence-electron chi connectivity index (χ4n) is 1.34. The average molecular weight is 251 g/mol. The maximum absolute atomic E-state index is 12.7. The molecule has 17 heavy (non-hydrogen) atoms. The second-order valence-corrected chi connectivity index (χ2v) is 4.43. The van der Waals surface area contributed by atoms with Crippen LogP contribution in [0.2, 0.25) is 0 Å². The maximum atomic E-state index is 12.7. The monoisotopic (exact) mass is 251 g/mol. The Morgan fingerprint density at radius 1 is 1.41 bits per heavy atom. The normalized spacial score (nSPS) is 10.2. The number of aryl methyl sites for hydroxylation is 1. The fourth-order valence-corrected chi connectivity index (χ4v) is 2.17. The lowest BCUT2D eigenvalue weighted by Gasteiger charge is -2.00. The number of amides is 1. The molecular formula is C11H10FN3OS. The van der Waals surface area contributed by atoms with Gasteiger partial charge in [0.1, 0.15) is 10.7 Å². The van der Waals surface area contributed by atoms with E-state index in [1.165, 1.54) is 23.5 Å². The van der Waals surface area contributed by atoms with E-state index in [0.717, 1.165) is 0 Å². The Labute approximate surface area is 101 Å². The highest BCUT2D eigenvalue weighted by Crippen LogP contribution is 2.25. The number of primary amides is 1. The van der Waals surface area contributed by atoms with Gasteiger partial charge in [0.05, 0.1) is 5.69 Å². The number of rotatable bonds is 3. The van der Waals surface area contributed by atoms with Gasteiger partial charge >= 0.3 is 0 Å². The van der Waals surface area contributed by atoms with Gasteiger partial charge in [-0.25, -0.2) is 9.37 Å². The van der Waals surface area contributed by atoms with Crippen molar-refractivity contribution in [3.63, 3.8) is 0 Å². The number of thiazole rings is 1. The number of anilines is 2. The van der Waals surface area contributed by atoms with Crippen molar-refractivity contribution >= 4 is 28.1 Å². The number of carbonyl (C=O) groups excluding carboxylic acids is 1. The molecule has 3 N–H and O–H groups in total. The van der Waals surface area contributed by atoms with E-state index in [9.17, 15) is 9.18 Å². The summed E-state index contributed by atoms with van der Waals surface area (Å²) in [6.07, 6.45) is 0. The Balaban J connectivity index is 2.22. The molecule has 0 fully saturated rings. The minimum absolute atomic E-state index is 0.302. The SMILES string of the molecule is Cc1nc(Nc2ccc(F)cc2)sc1C(N)=O. The van der Waals surface area contributed by atoms with E-state index in [4.69, 9.17) is 5.73 Å². The Hall–Kier alpha value is -1.95. The van der Waals surface area contributed by atoms with Gasteiger partial charge in [0.25, 0.3) is 5.91 Å². The van der Waals surface area contributed by atoms with Crippen LogP contribution < -0.4 is 11.1 Å². The van der Waals surface area contributed by atoms with Crippen molar-refractivity contribution in [2.24, 2.45) is 5.73 Å². The predicted octanol–water partition coefficient (Wildman–Crippen LogP) is 2.43. The van der Waals surface area contributed by atoms with Gasteiger partial charge < -0.3 is 11.1 Å². The summed E-state index contributed by atoms with van der Waals surface area (Å²) in [4.78, 5) is 15.6. The molecule has 2 aromatic rings. The van der Waals surface area contributed by atoms with Crippen molar-refractivity contribution in [2.75, 3.05) is 5.32 Å². The summed E-state index contributed by atoms with van der Waals surface area (Å²) in [5.41, 5.74) is 6.49. The van der Waals surface area contributed by atoms with Crippen LogP contribution in [-0.2, 0) is 0 Å². The third-order valence-electron chi connectivity index (χ3n) is 2.12. The van der Waals surface area contributed by atoms with Gasteiger partial charge in [-0.2, -0.15) is 0 Å². The second kappa shape index (κ2) is 4.50. The smallest absolute Gasteiger partial charge is 0.260 e. The first-order valence-corrected chi connectivity index (χ1v) is 5.68. The molecule has 1 heterocycles. The molecule has 1 aromatic heterocycles. The second-order valence-electron chi connectivity index (χ2n) is 3.43. The number of hydrogen-bond donors (Lipinski definition) is 2. The zero-order chi connectivity index (χ0) is 12.4. The molecule has 0 aliphatic carbocycles. The van der Waals surface area contributed by atoms with E-state index >= 15 is 0 Å². The van der Waals surface area contributed by atoms with Crippen LogP contribution in [0.5, 0.6) is 0 Å². The van der Waals surface area contributed by atoms with Crippen LogP contribution in [0, 0.1) is 12.7 Å². The van der Waals surface area contributed by atoms with Crippen LogP contribution in [0.15, 0.2) is 24.3 Å². The molecule has 0 saturated carbocycles. The number of carbonyl (C=O) groups is 1. The molecular weight excluding hydrogens is 241 g/mol. The van der Waals surface area contributed by atoms with Crippen LogP contribution in [0.3, 0.4) is 0 Å². The van der Waals surface area contributed by atoms with Crippen molar-refractivity contribution in [1.29, 1.82) is 0 Å². The lowest BCUT2D eigenvalue weighted by Crippen LogP contribution is -2.09. The van der Waals surface area contributed by atoms with Crippen LogP contribution >= 0.6 is 11.3 Å². The molecule has 0 bridgehead atoms. The minimum atomic E-state index is -0.493. The number of benzene rings is 1. The van der Waals surface area contributed by atoms with Crippen LogP contribution in [0.1, 0.15) is 15.4 Å². The van der Waals surface area contributed by atoms with Crippen LogP contribution in [0.25, 0.3) is 0 Å². The van der Waals surface area contributed by atoms with Gasteiger partial charge in [-0.1, -0.05) is 11.3 Å². The Kier molecular flexibility index (Phi) is 3.06. The summed E-state index contributed by atoms with van der Waals surface area (Å²) in [6.45, 7) is 1.71. The van der Waals surface area contributed by atoms with E-state index in [-0.39, 0.29) is 5.82 Å². The van der Waals surface area contributed by atoms with E-state index in [1.807, 2.05) is 0 Å². The third kappa shape index (κ3) is 2.59. The van der Waals surface area contributed by atoms with Gasteiger partial charge in [-0.15, -0.1) is 0 Å². The first-order chi connectivity index (χ1) is 8.06. The maximum Gasteiger partial charge on any atom is 0.260 e. The lowest BCUT2D eigenvalue weighted by atomic mass is 10.3. The molecule has 1 amide bonds. The number of aromatic nitrogens is 1. The third-order valence-corrected chi connectivity index (χ3v) is 3.20. The first-order valence-electron chi connectivity index (χ1n) is 4.86. The number of halogens is 1. The zero-order valence-electron chi connectivity index (χ0n) is 9.03. The zero-order valence-corrected chi connectivity index (χ0v) is 9.84. The Bertz CT molecular complexity index is 550. The summed E-state index contributed by atoms with van der Waals surface area (Å²) in [6, 6.07) is 5.88. The van der Waals surface area contributed by atoms with Crippen molar-refractivity contribution in [1.82, 2.24) is 4.98 Å². The summed E-state index contributed by atoms with van der Waals surface area (Å²) < 4.78 is 12.7. The summed E-state index contributed by atoms with van der Waals surface area (Å²) >= 11 is 1.18. The van der Waals surface area contributed by atoms with Gasteiger partial charge in [-0.05, 0) is 31.2 Å². The highest BCUT2D eigenvalue weighted by molar-refractivity contribution is 7.17. The number of nitrogens with two attached hydrogens (primary N) is 1. The summed E-state index contributed by atoms with van der Waals surface area (Å²) in [5.74, 6) is -0.796. The summed E-state index contributed by atoms with van der Waals surface area (Å²) in [5, 5.41) is 3.54. The van der Waals surface area contributed by atoms with Crippen LogP contribution in [-0.4, -0.2) is 10.9 Å². The standard InChI is InChI=1S/C11H10FN3OS/c1-6-9(10(13)16)17-11(14-6)15-8-4-2-7(12)3-5-8/h2-5H,1H3,(H2,13,16)(H,14,15). The van der Waals surface area contributed by atoms with Crippen molar-refractivity contribution < 1.29 is 9.18 Å². The van der Waals surface area contributed by atoms with E-state index in [1.54, 1.807) is 19.1 Å². The van der Waals surface area contributed by atoms with E-state index in [0.29, 0.717) is 21.4 Å². The Morgan fingerprint density at radius 3 is 2.59 bits per heavy atom. The first kappa shape index (κ1) is 11.5. The van der Waals surface area contributed by atoms with E-state index < -0.39 is 5.91 Å². The highest BCUT2D eigenvalue weighted by Gasteiger charge is 2.12. The van der Waals surface area contributed by atoms with Crippen LogP contribution in [0.4, 0.5) is 15.2 Å². The Morgan fingerprint density at radius 2 is 2.06 bits per heavy atom. The lowest BCUT2D eigenvalue weighted by molar-refractivity contribution is 0.100. The molecule has 0 aliphatic heterocycles. The topological polar surface area (TPSA) is 68.0 Å². The molecule has 0 unspecified atom stereocenters. The van der Waals surface area contributed by atoms with Gasteiger partial charge in [0, 0.05) is 5.69 Å². The molecule has 88 valence electrons.